The fourth-order valence-electron chi connectivity index (χ4n) is 3.60. The highest BCUT2D eigenvalue weighted by atomic mass is 35.5. The molecule has 0 atom stereocenters. The number of benzene rings is 4. The number of hydrogen-bond acceptors (Lipinski definition) is 3. The Bertz CT molecular complexity index is 1230. The van der Waals surface area contributed by atoms with Gasteiger partial charge in [-0.05, 0) is 65.6 Å². The predicted octanol–water partition coefficient (Wildman–Crippen LogP) is 8.04. The second-order valence-corrected chi connectivity index (χ2v) is 8.40. The Morgan fingerprint density at radius 1 is 0.844 bits per heavy atom. The molecule has 0 aliphatic heterocycles. The number of hydrogen-bond donors (Lipinski definition) is 1. The van der Waals surface area contributed by atoms with Crippen molar-refractivity contribution in [3.8, 4) is 11.5 Å². The molecule has 0 heterocycles. The van der Waals surface area contributed by atoms with E-state index in [1.165, 1.54) is 10.8 Å². The van der Waals surface area contributed by atoms with Crippen molar-refractivity contribution >= 4 is 39.7 Å². The molecular formula is C27H25Cl2NO2. The highest BCUT2D eigenvalue weighted by molar-refractivity contribution is 6.32. The van der Waals surface area contributed by atoms with Crippen LogP contribution in [0.3, 0.4) is 0 Å². The Labute approximate surface area is 198 Å². The van der Waals surface area contributed by atoms with Crippen LogP contribution >= 0.6 is 23.2 Å². The zero-order chi connectivity index (χ0) is 22.5. The van der Waals surface area contributed by atoms with Crippen LogP contribution in [0.15, 0.2) is 72.8 Å². The predicted molar refractivity (Wildman–Crippen MR) is 134 cm³/mol. The van der Waals surface area contributed by atoms with Crippen LogP contribution in [0, 0.1) is 6.92 Å². The summed E-state index contributed by atoms with van der Waals surface area (Å²) in [7, 11) is 0. The Morgan fingerprint density at radius 3 is 2.47 bits per heavy atom. The molecule has 0 amide bonds. The largest absolute Gasteiger partial charge is 0.490 e. The average Bonchev–Trinajstić information content (AvgIpc) is 2.79. The summed E-state index contributed by atoms with van der Waals surface area (Å²) in [6, 6.07) is 24.3. The quantitative estimate of drug-likeness (QED) is 0.285. The summed E-state index contributed by atoms with van der Waals surface area (Å²) in [4.78, 5) is 0. The molecule has 4 aromatic rings. The maximum Gasteiger partial charge on any atom is 0.180 e. The molecule has 0 saturated carbocycles. The minimum atomic E-state index is 0.403. The zero-order valence-corrected chi connectivity index (χ0v) is 19.6. The van der Waals surface area contributed by atoms with Gasteiger partial charge in [0, 0.05) is 17.3 Å². The number of nitrogens with one attached hydrogen (secondary N) is 1. The van der Waals surface area contributed by atoms with Gasteiger partial charge in [0.2, 0.25) is 0 Å². The molecule has 0 bridgehead atoms. The lowest BCUT2D eigenvalue weighted by atomic mass is 10.1. The molecule has 164 valence electrons. The summed E-state index contributed by atoms with van der Waals surface area (Å²) >= 11 is 12.9. The van der Waals surface area contributed by atoms with E-state index in [2.05, 4.69) is 29.6 Å². The smallest absolute Gasteiger partial charge is 0.180 e. The van der Waals surface area contributed by atoms with Crippen molar-refractivity contribution in [3.05, 3.63) is 99.5 Å². The molecule has 0 aromatic heterocycles. The highest BCUT2D eigenvalue weighted by Gasteiger charge is 2.14. The van der Waals surface area contributed by atoms with E-state index in [0.717, 1.165) is 27.4 Å². The fourth-order valence-corrected chi connectivity index (χ4v) is 4.07. The summed E-state index contributed by atoms with van der Waals surface area (Å²) in [6.45, 7) is 5.44. The molecule has 4 rings (SSSR count). The fraction of sp³-hybridized carbons (Fsp3) is 0.185. The SMILES string of the molecule is CCOc1cc(CNc2ccc(C)c(Cl)c2)cc(Cl)c1OCc1cccc2ccccc12. The summed E-state index contributed by atoms with van der Waals surface area (Å²) in [5.41, 5.74) is 4.09. The number of aryl methyl sites for hydroxylation is 1. The first-order chi connectivity index (χ1) is 15.5. The van der Waals surface area contributed by atoms with E-state index in [1.54, 1.807) is 0 Å². The van der Waals surface area contributed by atoms with Gasteiger partial charge in [0.05, 0.1) is 11.6 Å². The lowest BCUT2D eigenvalue weighted by Crippen LogP contribution is -2.04. The van der Waals surface area contributed by atoms with Gasteiger partial charge in [-0.3, -0.25) is 0 Å². The molecule has 0 saturated heterocycles. The van der Waals surface area contributed by atoms with Crippen molar-refractivity contribution in [2.75, 3.05) is 11.9 Å². The molecule has 32 heavy (non-hydrogen) atoms. The van der Waals surface area contributed by atoms with E-state index in [0.29, 0.717) is 36.3 Å². The molecule has 5 heteroatoms. The van der Waals surface area contributed by atoms with Crippen molar-refractivity contribution in [2.24, 2.45) is 0 Å². The normalized spacial score (nSPS) is 10.9. The van der Waals surface area contributed by atoms with Crippen LogP contribution in [0.2, 0.25) is 10.0 Å². The molecule has 0 aliphatic rings. The monoisotopic (exact) mass is 465 g/mol. The first kappa shape index (κ1) is 22.3. The van der Waals surface area contributed by atoms with Gasteiger partial charge in [-0.25, -0.2) is 0 Å². The van der Waals surface area contributed by atoms with Crippen LogP contribution in [-0.4, -0.2) is 6.61 Å². The van der Waals surface area contributed by atoms with Crippen molar-refractivity contribution < 1.29 is 9.47 Å². The molecule has 4 aromatic carbocycles. The summed E-state index contributed by atoms with van der Waals surface area (Å²) < 4.78 is 12.0. The third-order valence-electron chi connectivity index (χ3n) is 5.29. The van der Waals surface area contributed by atoms with Gasteiger partial charge in [0.25, 0.3) is 0 Å². The van der Waals surface area contributed by atoms with Crippen LogP contribution in [0.4, 0.5) is 5.69 Å². The minimum absolute atomic E-state index is 0.403. The van der Waals surface area contributed by atoms with E-state index in [-0.39, 0.29) is 0 Å². The first-order valence-electron chi connectivity index (χ1n) is 10.6. The van der Waals surface area contributed by atoms with Crippen LogP contribution in [0.1, 0.15) is 23.6 Å². The number of halogens is 2. The summed E-state index contributed by atoms with van der Waals surface area (Å²) in [6.07, 6.45) is 0. The second-order valence-electron chi connectivity index (χ2n) is 7.58. The van der Waals surface area contributed by atoms with Crippen molar-refractivity contribution in [1.82, 2.24) is 0 Å². The summed E-state index contributed by atoms with van der Waals surface area (Å²) in [5.74, 6) is 1.20. The lowest BCUT2D eigenvalue weighted by Gasteiger charge is -2.17. The highest BCUT2D eigenvalue weighted by Crippen LogP contribution is 2.38. The van der Waals surface area contributed by atoms with E-state index in [9.17, 15) is 0 Å². The molecule has 0 spiro atoms. The van der Waals surface area contributed by atoms with Gasteiger partial charge in [-0.2, -0.15) is 0 Å². The second kappa shape index (κ2) is 10.2. The van der Waals surface area contributed by atoms with Crippen LogP contribution in [-0.2, 0) is 13.2 Å². The minimum Gasteiger partial charge on any atom is -0.490 e. The Kier molecular flexibility index (Phi) is 7.09. The topological polar surface area (TPSA) is 30.5 Å². The maximum absolute atomic E-state index is 6.63. The van der Waals surface area contributed by atoms with Gasteiger partial charge >= 0.3 is 0 Å². The number of fused-ring (bicyclic) bond motifs is 1. The number of rotatable bonds is 8. The molecular weight excluding hydrogens is 441 g/mol. The molecule has 0 unspecified atom stereocenters. The van der Waals surface area contributed by atoms with Gasteiger partial charge in [0.15, 0.2) is 11.5 Å². The standard InChI is InChI=1S/C27H25Cl2NO2/c1-3-31-26-14-19(16-30-22-12-11-18(2)24(28)15-22)13-25(29)27(26)32-17-21-9-6-8-20-7-4-5-10-23(20)21/h4-15,30H,3,16-17H2,1-2H3. The third kappa shape index (κ3) is 5.12. The van der Waals surface area contributed by atoms with E-state index in [1.807, 2.05) is 62.4 Å². The average molecular weight is 466 g/mol. The van der Waals surface area contributed by atoms with E-state index >= 15 is 0 Å². The van der Waals surface area contributed by atoms with Gasteiger partial charge in [-0.1, -0.05) is 71.7 Å². The Balaban J connectivity index is 1.53. The first-order valence-corrected chi connectivity index (χ1v) is 11.4. The van der Waals surface area contributed by atoms with E-state index < -0.39 is 0 Å². The van der Waals surface area contributed by atoms with Crippen LogP contribution in [0.5, 0.6) is 11.5 Å². The van der Waals surface area contributed by atoms with Crippen LogP contribution in [0.25, 0.3) is 10.8 Å². The molecule has 1 N–H and O–H groups in total. The molecule has 0 aliphatic carbocycles. The molecule has 3 nitrogen and oxygen atoms in total. The van der Waals surface area contributed by atoms with E-state index in [4.69, 9.17) is 32.7 Å². The van der Waals surface area contributed by atoms with Crippen molar-refractivity contribution in [2.45, 2.75) is 27.0 Å². The van der Waals surface area contributed by atoms with Gasteiger partial charge in [0.1, 0.15) is 6.61 Å². The van der Waals surface area contributed by atoms with Crippen molar-refractivity contribution in [1.29, 1.82) is 0 Å². The maximum atomic E-state index is 6.63. The Morgan fingerprint density at radius 2 is 1.66 bits per heavy atom. The third-order valence-corrected chi connectivity index (χ3v) is 5.98. The zero-order valence-electron chi connectivity index (χ0n) is 18.1. The molecule has 0 radical (unpaired) electrons. The summed E-state index contributed by atoms with van der Waals surface area (Å²) in [5, 5.41) is 6.99. The number of ether oxygens (including phenoxy) is 2. The van der Waals surface area contributed by atoms with Gasteiger partial charge in [-0.15, -0.1) is 0 Å². The lowest BCUT2D eigenvalue weighted by molar-refractivity contribution is 0.270. The van der Waals surface area contributed by atoms with Crippen LogP contribution < -0.4 is 14.8 Å². The molecule has 0 fully saturated rings. The Hall–Kier alpha value is -2.88. The number of anilines is 1. The van der Waals surface area contributed by atoms with Crippen molar-refractivity contribution in [3.63, 3.8) is 0 Å². The van der Waals surface area contributed by atoms with Gasteiger partial charge < -0.3 is 14.8 Å².